The van der Waals surface area contributed by atoms with E-state index in [4.69, 9.17) is 5.11 Å². The number of amides is 1. The second kappa shape index (κ2) is 7.31. The molecular weight excluding hydrogens is 291 g/mol. The van der Waals surface area contributed by atoms with Crippen LogP contribution < -0.4 is 0 Å². The van der Waals surface area contributed by atoms with Gasteiger partial charge in [-0.1, -0.05) is 18.8 Å². The minimum atomic E-state index is -4.43. The number of hydrogen-bond donors (Lipinski definition) is 1. The number of aliphatic hydroxyl groups is 1. The lowest BCUT2D eigenvalue weighted by Gasteiger charge is -2.23. The molecule has 3 nitrogen and oxygen atoms in total. The zero-order valence-corrected chi connectivity index (χ0v) is 11.6. The molecule has 20 heavy (non-hydrogen) atoms. The maximum Gasteiger partial charge on any atom is 0.406 e. The van der Waals surface area contributed by atoms with Crippen LogP contribution in [0, 0.1) is 11.8 Å². The van der Waals surface area contributed by atoms with Crippen LogP contribution in [0.1, 0.15) is 28.6 Å². The summed E-state index contributed by atoms with van der Waals surface area (Å²) in [6.45, 7) is 0.0931. The molecular formula is C13H14F3NO2S. The smallest absolute Gasteiger partial charge is 0.384 e. The fourth-order valence-electron chi connectivity index (χ4n) is 1.59. The standard InChI is InChI=1S/C13H14F3NO2S/c1-2-6-17(9-13(14,15)16)12(19)11-10(4-3-7-18)5-8-20-11/h5,8,18H,2,6-7,9H2,1H3. The first-order valence-corrected chi connectivity index (χ1v) is 6.80. The fourth-order valence-corrected chi connectivity index (χ4v) is 2.41. The molecule has 0 radical (unpaired) electrons. The normalized spacial score (nSPS) is 10.8. The van der Waals surface area contributed by atoms with Crippen LogP contribution in [0.3, 0.4) is 0 Å². The average Bonchev–Trinajstić information content (AvgIpc) is 2.81. The molecule has 0 saturated carbocycles. The molecule has 1 aromatic rings. The van der Waals surface area contributed by atoms with Crippen molar-refractivity contribution >= 4 is 17.2 Å². The third kappa shape index (κ3) is 4.87. The first-order valence-electron chi connectivity index (χ1n) is 5.92. The molecule has 1 aromatic heterocycles. The minimum absolute atomic E-state index is 0.0309. The first-order chi connectivity index (χ1) is 9.39. The van der Waals surface area contributed by atoms with Crippen LogP contribution in [0.15, 0.2) is 11.4 Å². The Kier molecular flexibility index (Phi) is 6.05. The number of thiophene rings is 1. The molecule has 0 aliphatic heterocycles. The van der Waals surface area contributed by atoms with E-state index in [-0.39, 0.29) is 18.0 Å². The Morgan fingerprint density at radius 2 is 2.20 bits per heavy atom. The summed E-state index contributed by atoms with van der Waals surface area (Å²) >= 11 is 1.05. The van der Waals surface area contributed by atoms with E-state index in [2.05, 4.69) is 11.8 Å². The van der Waals surface area contributed by atoms with Gasteiger partial charge in [0, 0.05) is 12.1 Å². The molecule has 0 spiro atoms. The Hall–Kier alpha value is -1.52. The molecule has 1 N–H and O–H groups in total. The SMILES string of the molecule is CCCN(CC(F)(F)F)C(=O)c1sccc1C#CCO. The summed E-state index contributed by atoms with van der Waals surface area (Å²) in [6, 6.07) is 1.55. The Morgan fingerprint density at radius 3 is 2.75 bits per heavy atom. The summed E-state index contributed by atoms with van der Waals surface area (Å²) in [5.74, 6) is 4.27. The maximum absolute atomic E-state index is 12.5. The summed E-state index contributed by atoms with van der Waals surface area (Å²) in [5, 5.41) is 10.2. The Labute approximate surface area is 119 Å². The van der Waals surface area contributed by atoms with Crippen LogP contribution in [0.25, 0.3) is 0 Å². The highest BCUT2D eigenvalue weighted by Crippen LogP contribution is 2.22. The van der Waals surface area contributed by atoms with Crippen molar-refractivity contribution in [2.45, 2.75) is 19.5 Å². The first kappa shape index (κ1) is 16.5. The molecule has 0 bridgehead atoms. The zero-order chi connectivity index (χ0) is 15.2. The van der Waals surface area contributed by atoms with Crippen molar-refractivity contribution in [1.82, 2.24) is 4.90 Å². The van der Waals surface area contributed by atoms with Crippen molar-refractivity contribution in [3.63, 3.8) is 0 Å². The lowest BCUT2D eigenvalue weighted by molar-refractivity contribution is -0.140. The van der Waals surface area contributed by atoms with Gasteiger partial charge in [-0.25, -0.2) is 0 Å². The Bertz CT molecular complexity index is 514. The van der Waals surface area contributed by atoms with Crippen molar-refractivity contribution in [3.05, 3.63) is 21.9 Å². The topological polar surface area (TPSA) is 40.5 Å². The minimum Gasteiger partial charge on any atom is -0.384 e. The van der Waals surface area contributed by atoms with Gasteiger partial charge in [-0.05, 0) is 17.9 Å². The number of halogens is 3. The van der Waals surface area contributed by atoms with Crippen molar-refractivity contribution in [3.8, 4) is 11.8 Å². The maximum atomic E-state index is 12.5. The zero-order valence-electron chi connectivity index (χ0n) is 10.8. The summed E-state index contributed by atoms with van der Waals surface area (Å²) in [4.78, 5) is 13.1. The van der Waals surface area contributed by atoms with Gasteiger partial charge < -0.3 is 10.0 Å². The van der Waals surface area contributed by atoms with E-state index in [1.807, 2.05) is 0 Å². The van der Waals surface area contributed by atoms with Crippen LogP contribution in [0.5, 0.6) is 0 Å². The van der Waals surface area contributed by atoms with E-state index < -0.39 is 18.6 Å². The number of alkyl halides is 3. The van der Waals surface area contributed by atoms with Crippen LogP contribution in [0.4, 0.5) is 13.2 Å². The van der Waals surface area contributed by atoms with E-state index in [0.717, 1.165) is 16.2 Å². The largest absolute Gasteiger partial charge is 0.406 e. The van der Waals surface area contributed by atoms with E-state index in [9.17, 15) is 18.0 Å². The molecule has 1 heterocycles. The lowest BCUT2D eigenvalue weighted by Crippen LogP contribution is -2.39. The van der Waals surface area contributed by atoms with Crippen molar-refractivity contribution in [2.24, 2.45) is 0 Å². The lowest BCUT2D eigenvalue weighted by atomic mass is 10.2. The monoisotopic (exact) mass is 305 g/mol. The van der Waals surface area contributed by atoms with Gasteiger partial charge in [0.1, 0.15) is 18.0 Å². The van der Waals surface area contributed by atoms with E-state index in [0.29, 0.717) is 12.0 Å². The molecule has 7 heteroatoms. The van der Waals surface area contributed by atoms with E-state index in [1.54, 1.807) is 18.4 Å². The Morgan fingerprint density at radius 1 is 1.50 bits per heavy atom. The van der Waals surface area contributed by atoms with Crippen LogP contribution in [0.2, 0.25) is 0 Å². The summed E-state index contributed by atoms with van der Waals surface area (Å²) < 4.78 is 37.4. The quantitative estimate of drug-likeness (QED) is 0.868. The fraction of sp³-hybridized carbons (Fsp3) is 0.462. The second-order valence-electron chi connectivity index (χ2n) is 3.97. The molecule has 0 atom stereocenters. The molecule has 0 aromatic carbocycles. The van der Waals surface area contributed by atoms with Crippen molar-refractivity contribution in [2.75, 3.05) is 19.7 Å². The highest BCUT2D eigenvalue weighted by molar-refractivity contribution is 7.12. The number of aliphatic hydroxyl groups excluding tert-OH is 1. The van der Waals surface area contributed by atoms with Gasteiger partial charge in [0.2, 0.25) is 0 Å². The molecule has 0 aliphatic rings. The van der Waals surface area contributed by atoms with Gasteiger partial charge in [-0.15, -0.1) is 11.3 Å². The predicted octanol–water partition coefficient (Wildman–Crippen LogP) is 2.51. The van der Waals surface area contributed by atoms with Crippen LogP contribution >= 0.6 is 11.3 Å². The van der Waals surface area contributed by atoms with Crippen LogP contribution in [-0.4, -0.2) is 41.8 Å². The molecule has 0 saturated heterocycles. The van der Waals surface area contributed by atoms with Gasteiger partial charge >= 0.3 is 6.18 Å². The van der Waals surface area contributed by atoms with Gasteiger partial charge in [-0.2, -0.15) is 13.2 Å². The van der Waals surface area contributed by atoms with Crippen molar-refractivity contribution < 1.29 is 23.1 Å². The van der Waals surface area contributed by atoms with Gasteiger partial charge in [-0.3, -0.25) is 4.79 Å². The summed E-state index contributed by atoms with van der Waals surface area (Å²) in [6.07, 6.45) is -4.00. The molecule has 1 rings (SSSR count). The van der Waals surface area contributed by atoms with Crippen molar-refractivity contribution in [1.29, 1.82) is 0 Å². The number of hydrogen-bond acceptors (Lipinski definition) is 3. The summed E-state index contributed by atoms with van der Waals surface area (Å²) in [5.41, 5.74) is 0.345. The third-order valence-corrected chi connectivity index (χ3v) is 3.21. The van der Waals surface area contributed by atoms with Gasteiger partial charge in [0.05, 0.1) is 0 Å². The number of rotatable bonds is 4. The van der Waals surface area contributed by atoms with E-state index in [1.165, 1.54) is 0 Å². The number of nitrogens with zero attached hydrogens (tertiary/aromatic N) is 1. The number of carbonyl (C=O) groups is 1. The molecule has 1 amide bonds. The van der Waals surface area contributed by atoms with Crippen LogP contribution in [-0.2, 0) is 0 Å². The van der Waals surface area contributed by atoms with E-state index >= 15 is 0 Å². The van der Waals surface area contributed by atoms with Gasteiger partial charge in [0.25, 0.3) is 5.91 Å². The second-order valence-corrected chi connectivity index (χ2v) is 4.88. The molecule has 0 aliphatic carbocycles. The summed E-state index contributed by atoms with van der Waals surface area (Å²) in [7, 11) is 0. The molecule has 0 fully saturated rings. The third-order valence-electron chi connectivity index (χ3n) is 2.31. The van der Waals surface area contributed by atoms with Gasteiger partial charge in [0.15, 0.2) is 0 Å². The predicted molar refractivity (Wildman–Crippen MR) is 70.5 cm³/mol. The molecule has 0 unspecified atom stereocenters. The Balaban J connectivity index is 2.98. The molecule has 110 valence electrons. The highest BCUT2D eigenvalue weighted by atomic mass is 32.1. The number of carbonyl (C=O) groups excluding carboxylic acids is 1. The average molecular weight is 305 g/mol. The highest BCUT2D eigenvalue weighted by Gasteiger charge is 2.33.